The maximum atomic E-state index is 13.5. The van der Waals surface area contributed by atoms with Crippen LogP contribution in [0.3, 0.4) is 0 Å². The number of nitrogens with zero attached hydrogens (tertiary/aromatic N) is 3. The SMILES string of the molecule is Cn1cnc(CCNC(=O)c2ccc(-c3cccc(-c4nc5ccc(F)cc5[nH]4)c3)cc2)c1. The van der Waals surface area contributed by atoms with Gasteiger partial charge < -0.3 is 14.9 Å². The van der Waals surface area contributed by atoms with Crippen LogP contribution in [0.5, 0.6) is 0 Å². The Morgan fingerprint density at radius 1 is 1.03 bits per heavy atom. The molecule has 2 N–H and O–H groups in total. The molecular weight excluding hydrogens is 417 g/mol. The van der Waals surface area contributed by atoms with Gasteiger partial charge in [0, 0.05) is 37.3 Å². The third-order valence-electron chi connectivity index (χ3n) is 5.49. The fraction of sp³-hybridized carbons (Fsp3) is 0.115. The predicted octanol–water partition coefficient (Wildman–Crippen LogP) is 4.74. The highest BCUT2D eigenvalue weighted by atomic mass is 19.1. The van der Waals surface area contributed by atoms with Crippen molar-refractivity contribution in [3.05, 3.63) is 96.3 Å². The molecule has 0 spiro atoms. The fourth-order valence-corrected chi connectivity index (χ4v) is 3.78. The quantitative estimate of drug-likeness (QED) is 0.401. The van der Waals surface area contributed by atoms with Gasteiger partial charge in [-0.25, -0.2) is 14.4 Å². The van der Waals surface area contributed by atoms with E-state index in [1.54, 1.807) is 12.4 Å². The number of carbonyl (C=O) groups is 1. The van der Waals surface area contributed by atoms with E-state index in [4.69, 9.17) is 0 Å². The summed E-state index contributed by atoms with van der Waals surface area (Å²) in [5, 5.41) is 2.94. The lowest BCUT2D eigenvalue weighted by Gasteiger charge is -2.07. The molecule has 33 heavy (non-hydrogen) atoms. The van der Waals surface area contributed by atoms with Gasteiger partial charge in [-0.2, -0.15) is 0 Å². The van der Waals surface area contributed by atoms with Crippen molar-refractivity contribution < 1.29 is 9.18 Å². The molecule has 0 atom stereocenters. The Bertz CT molecular complexity index is 1430. The lowest BCUT2D eigenvalue weighted by atomic mass is 10.0. The van der Waals surface area contributed by atoms with Crippen molar-refractivity contribution in [2.45, 2.75) is 6.42 Å². The Kier molecular flexibility index (Phi) is 5.44. The molecule has 0 radical (unpaired) electrons. The molecule has 2 heterocycles. The highest BCUT2D eigenvalue weighted by Crippen LogP contribution is 2.27. The van der Waals surface area contributed by atoms with Crippen molar-refractivity contribution in [2.24, 2.45) is 7.05 Å². The average Bonchev–Trinajstić information content (AvgIpc) is 3.44. The molecule has 6 nitrogen and oxygen atoms in total. The largest absolute Gasteiger partial charge is 0.352 e. The topological polar surface area (TPSA) is 75.6 Å². The van der Waals surface area contributed by atoms with E-state index in [2.05, 4.69) is 20.3 Å². The Balaban J connectivity index is 1.29. The molecule has 2 aromatic heterocycles. The number of hydrogen-bond donors (Lipinski definition) is 2. The number of fused-ring (bicyclic) bond motifs is 1. The van der Waals surface area contributed by atoms with Crippen LogP contribution in [0.2, 0.25) is 0 Å². The molecule has 0 saturated heterocycles. The molecule has 5 aromatic rings. The first kappa shape index (κ1) is 20.6. The Hall–Kier alpha value is -4.26. The fourth-order valence-electron chi connectivity index (χ4n) is 3.78. The van der Waals surface area contributed by atoms with E-state index < -0.39 is 0 Å². The van der Waals surface area contributed by atoms with Crippen molar-refractivity contribution in [3.8, 4) is 22.5 Å². The molecule has 1 amide bonds. The van der Waals surface area contributed by atoms with Gasteiger partial charge in [0.15, 0.2) is 0 Å². The maximum Gasteiger partial charge on any atom is 0.251 e. The monoisotopic (exact) mass is 439 g/mol. The lowest BCUT2D eigenvalue weighted by Crippen LogP contribution is -2.25. The van der Waals surface area contributed by atoms with Crippen LogP contribution in [0.15, 0.2) is 79.3 Å². The van der Waals surface area contributed by atoms with Crippen LogP contribution in [0.4, 0.5) is 4.39 Å². The van der Waals surface area contributed by atoms with Crippen LogP contribution < -0.4 is 5.32 Å². The molecule has 5 rings (SSSR count). The number of amides is 1. The predicted molar refractivity (Wildman–Crippen MR) is 126 cm³/mol. The van der Waals surface area contributed by atoms with Gasteiger partial charge in [0.2, 0.25) is 0 Å². The van der Waals surface area contributed by atoms with Crippen molar-refractivity contribution in [3.63, 3.8) is 0 Å². The van der Waals surface area contributed by atoms with Gasteiger partial charge in [0.05, 0.1) is 23.1 Å². The summed E-state index contributed by atoms with van der Waals surface area (Å²) in [6.07, 6.45) is 4.38. The van der Waals surface area contributed by atoms with Crippen LogP contribution in [0.25, 0.3) is 33.5 Å². The van der Waals surface area contributed by atoms with E-state index in [1.807, 2.05) is 66.3 Å². The highest BCUT2D eigenvalue weighted by molar-refractivity contribution is 5.94. The second kappa shape index (κ2) is 8.70. The Morgan fingerprint density at radius 2 is 1.85 bits per heavy atom. The number of nitrogens with one attached hydrogen (secondary N) is 2. The molecule has 0 bridgehead atoms. The van der Waals surface area contributed by atoms with Crippen LogP contribution in [0.1, 0.15) is 16.1 Å². The van der Waals surface area contributed by atoms with Gasteiger partial charge in [-0.1, -0.05) is 30.3 Å². The minimum absolute atomic E-state index is 0.110. The summed E-state index contributed by atoms with van der Waals surface area (Å²) in [5.41, 5.74) is 5.83. The number of benzene rings is 3. The first-order valence-electron chi connectivity index (χ1n) is 10.7. The third kappa shape index (κ3) is 4.52. The number of aryl methyl sites for hydroxylation is 1. The summed E-state index contributed by atoms with van der Waals surface area (Å²) < 4.78 is 15.4. The zero-order chi connectivity index (χ0) is 22.8. The smallest absolute Gasteiger partial charge is 0.251 e. The van der Waals surface area contributed by atoms with E-state index in [1.165, 1.54) is 12.1 Å². The van der Waals surface area contributed by atoms with Crippen LogP contribution in [-0.2, 0) is 13.5 Å². The van der Waals surface area contributed by atoms with Crippen molar-refractivity contribution >= 4 is 16.9 Å². The molecule has 0 unspecified atom stereocenters. The van der Waals surface area contributed by atoms with Gasteiger partial charge in [0.1, 0.15) is 11.6 Å². The number of halogens is 1. The molecule has 7 heteroatoms. The maximum absolute atomic E-state index is 13.5. The number of H-pyrrole nitrogens is 1. The molecule has 0 aliphatic carbocycles. The standard InChI is InChI=1S/C26H22FN5O/c1-32-15-22(29-16-32)11-12-28-26(33)18-7-5-17(6-8-18)19-3-2-4-20(13-19)25-30-23-10-9-21(27)14-24(23)31-25/h2-10,13-16H,11-12H2,1H3,(H,28,33)(H,30,31). The molecular formula is C26H22FN5O. The van der Waals surface area contributed by atoms with Gasteiger partial charge in [-0.15, -0.1) is 0 Å². The first-order valence-corrected chi connectivity index (χ1v) is 10.7. The summed E-state index contributed by atoms with van der Waals surface area (Å²) in [7, 11) is 1.92. The van der Waals surface area contributed by atoms with E-state index in [-0.39, 0.29) is 11.7 Å². The highest BCUT2D eigenvalue weighted by Gasteiger charge is 2.09. The number of carbonyl (C=O) groups excluding carboxylic acids is 1. The zero-order valence-corrected chi connectivity index (χ0v) is 18.0. The van der Waals surface area contributed by atoms with Crippen LogP contribution in [-0.4, -0.2) is 32.0 Å². The Morgan fingerprint density at radius 3 is 2.64 bits per heavy atom. The zero-order valence-electron chi connectivity index (χ0n) is 18.0. The average molecular weight is 439 g/mol. The number of rotatable bonds is 6. The van der Waals surface area contributed by atoms with E-state index in [9.17, 15) is 9.18 Å². The number of imidazole rings is 2. The normalized spacial score (nSPS) is 11.1. The van der Waals surface area contributed by atoms with Crippen LogP contribution in [0, 0.1) is 5.82 Å². The van der Waals surface area contributed by atoms with Crippen LogP contribution >= 0.6 is 0 Å². The van der Waals surface area contributed by atoms with Gasteiger partial charge in [0.25, 0.3) is 5.91 Å². The minimum Gasteiger partial charge on any atom is -0.352 e. The van der Waals surface area contributed by atoms with Crippen molar-refractivity contribution in [1.29, 1.82) is 0 Å². The minimum atomic E-state index is -0.299. The molecule has 164 valence electrons. The molecule has 3 aromatic carbocycles. The number of aromatic nitrogens is 4. The molecule has 0 saturated carbocycles. The lowest BCUT2D eigenvalue weighted by molar-refractivity contribution is 0.0954. The number of aromatic amines is 1. The van der Waals surface area contributed by atoms with Gasteiger partial charge >= 0.3 is 0 Å². The molecule has 0 aliphatic heterocycles. The molecule has 0 aliphatic rings. The summed E-state index contributed by atoms with van der Waals surface area (Å²) in [6.45, 7) is 0.529. The van der Waals surface area contributed by atoms with Gasteiger partial charge in [-0.3, -0.25) is 4.79 Å². The van der Waals surface area contributed by atoms with E-state index in [0.29, 0.717) is 29.9 Å². The first-order chi connectivity index (χ1) is 16.0. The van der Waals surface area contributed by atoms with E-state index >= 15 is 0 Å². The van der Waals surface area contributed by atoms with Crippen molar-refractivity contribution in [2.75, 3.05) is 6.54 Å². The Labute approximate surface area is 190 Å². The molecule has 0 fully saturated rings. The summed E-state index contributed by atoms with van der Waals surface area (Å²) in [4.78, 5) is 24.5. The third-order valence-corrected chi connectivity index (χ3v) is 5.49. The van der Waals surface area contributed by atoms with Crippen molar-refractivity contribution in [1.82, 2.24) is 24.8 Å². The summed E-state index contributed by atoms with van der Waals surface area (Å²) in [5.74, 6) is 0.273. The van der Waals surface area contributed by atoms with E-state index in [0.717, 1.165) is 27.9 Å². The summed E-state index contributed by atoms with van der Waals surface area (Å²) >= 11 is 0. The second-order valence-electron chi connectivity index (χ2n) is 7.94. The second-order valence-corrected chi connectivity index (χ2v) is 7.94. The number of hydrogen-bond acceptors (Lipinski definition) is 3. The van der Waals surface area contributed by atoms with Gasteiger partial charge in [-0.05, 0) is 47.5 Å². The summed E-state index contributed by atoms with van der Waals surface area (Å²) in [6, 6.07) is 20.0.